The molecule has 0 aliphatic carbocycles. The van der Waals surface area contributed by atoms with Crippen molar-refractivity contribution in [1.29, 1.82) is 5.26 Å². The molecule has 78 valence electrons. The Bertz CT molecular complexity index is 525. The van der Waals surface area contributed by atoms with Gasteiger partial charge >= 0.3 is 0 Å². The van der Waals surface area contributed by atoms with Gasteiger partial charge in [-0.25, -0.2) is 9.97 Å². The summed E-state index contributed by atoms with van der Waals surface area (Å²) in [6.07, 6.45) is 2.99. The fraction of sp³-hybridized carbons (Fsp3) is 0.0833. The van der Waals surface area contributed by atoms with Crippen molar-refractivity contribution in [3.8, 4) is 6.07 Å². The zero-order valence-electron chi connectivity index (χ0n) is 8.81. The molecule has 0 atom stereocenters. The maximum atomic E-state index is 8.59. The van der Waals surface area contributed by atoms with Gasteiger partial charge in [0.2, 0.25) is 0 Å². The number of nitrogens with one attached hydrogen (secondary N) is 1. The number of aromatic nitrogens is 2. The zero-order valence-corrected chi connectivity index (χ0v) is 8.81. The summed E-state index contributed by atoms with van der Waals surface area (Å²) in [6.45, 7) is 2.01. The molecule has 1 aromatic heterocycles. The molecular formula is C12H10N4. The zero-order chi connectivity index (χ0) is 11.4. The minimum Gasteiger partial charge on any atom is -0.339 e. The summed E-state index contributed by atoms with van der Waals surface area (Å²) < 4.78 is 0. The molecule has 0 amide bonds. The average Bonchev–Trinajstić information content (AvgIpc) is 2.33. The van der Waals surface area contributed by atoms with Crippen molar-refractivity contribution in [3.63, 3.8) is 0 Å². The first kappa shape index (κ1) is 10.1. The van der Waals surface area contributed by atoms with Gasteiger partial charge in [0, 0.05) is 5.69 Å². The van der Waals surface area contributed by atoms with Crippen molar-refractivity contribution in [3.05, 3.63) is 47.9 Å². The summed E-state index contributed by atoms with van der Waals surface area (Å²) in [5.74, 6) is 0.633. The minimum atomic E-state index is 0.315. The molecule has 0 aliphatic heterocycles. The minimum absolute atomic E-state index is 0.315. The van der Waals surface area contributed by atoms with E-state index in [1.54, 1.807) is 6.20 Å². The Morgan fingerprint density at radius 3 is 2.62 bits per heavy atom. The smallest absolute Gasteiger partial charge is 0.158 e. The third kappa shape index (κ3) is 2.15. The average molecular weight is 210 g/mol. The number of hydrogen-bond acceptors (Lipinski definition) is 4. The second-order valence-corrected chi connectivity index (χ2v) is 3.34. The van der Waals surface area contributed by atoms with Crippen LogP contribution in [0.25, 0.3) is 0 Å². The predicted octanol–water partition coefficient (Wildman–Crippen LogP) is 2.40. The SMILES string of the molecule is Cc1ccccc1Nc1cnc(C#N)cn1. The Labute approximate surface area is 93.6 Å². The Morgan fingerprint density at radius 1 is 1.19 bits per heavy atom. The van der Waals surface area contributed by atoms with Gasteiger partial charge in [0.15, 0.2) is 5.69 Å². The van der Waals surface area contributed by atoms with Crippen LogP contribution < -0.4 is 5.32 Å². The molecule has 1 heterocycles. The summed E-state index contributed by atoms with van der Waals surface area (Å²) in [4.78, 5) is 8.03. The lowest BCUT2D eigenvalue weighted by atomic mass is 10.2. The molecule has 2 rings (SSSR count). The molecule has 4 nitrogen and oxygen atoms in total. The van der Waals surface area contributed by atoms with Crippen molar-refractivity contribution in [2.24, 2.45) is 0 Å². The molecule has 1 N–H and O–H groups in total. The van der Waals surface area contributed by atoms with Gasteiger partial charge in [0.05, 0.1) is 12.4 Å². The Balaban J connectivity index is 2.22. The summed E-state index contributed by atoms with van der Waals surface area (Å²) >= 11 is 0. The maximum absolute atomic E-state index is 8.59. The van der Waals surface area contributed by atoms with Crippen LogP contribution in [-0.4, -0.2) is 9.97 Å². The molecule has 16 heavy (non-hydrogen) atoms. The van der Waals surface area contributed by atoms with Crippen molar-refractivity contribution in [2.75, 3.05) is 5.32 Å². The van der Waals surface area contributed by atoms with E-state index in [9.17, 15) is 0 Å². The van der Waals surface area contributed by atoms with Gasteiger partial charge < -0.3 is 5.32 Å². The van der Waals surface area contributed by atoms with Crippen LogP contribution in [0.5, 0.6) is 0 Å². The molecule has 0 saturated carbocycles. The largest absolute Gasteiger partial charge is 0.339 e. The van der Waals surface area contributed by atoms with Gasteiger partial charge in [-0.05, 0) is 18.6 Å². The van der Waals surface area contributed by atoms with Gasteiger partial charge in [0.25, 0.3) is 0 Å². The van der Waals surface area contributed by atoms with Gasteiger partial charge in [-0.1, -0.05) is 18.2 Å². The number of para-hydroxylation sites is 1. The van der Waals surface area contributed by atoms with E-state index >= 15 is 0 Å². The highest BCUT2D eigenvalue weighted by atomic mass is 15.0. The highest BCUT2D eigenvalue weighted by Gasteiger charge is 1.99. The number of nitrogens with zero attached hydrogens (tertiary/aromatic N) is 3. The normalized spacial score (nSPS) is 9.50. The van der Waals surface area contributed by atoms with Crippen molar-refractivity contribution < 1.29 is 0 Å². The van der Waals surface area contributed by atoms with Crippen LogP contribution in [0, 0.1) is 18.3 Å². The molecule has 0 aliphatic rings. The molecule has 0 radical (unpaired) electrons. The van der Waals surface area contributed by atoms with Crippen molar-refractivity contribution >= 4 is 11.5 Å². The predicted molar refractivity (Wildman–Crippen MR) is 61.2 cm³/mol. The first-order chi connectivity index (χ1) is 7.79. The number of hydrogen-bond donors (Lipinski definition) is 1. The molecule has 0 fully saturated rings. The van der Waals surface area contributed by atoms with E-state index in [-0.39, 0.29) is 0 Å². The summed E-state index contributed by atoms with van der Waals surface area (Å²) in [6, 6.07) is 9.84. The van der Waals surface area contributed by atoms with Crippen LogP contribution in [0.4, 0.5) is 11.5 Å². The standard InChI is InChI=1S/C12H10N4/c1-9-4-2-3-5-11(9)16-12-8-14-10(6-13)7-15-12/h2-5,7-8H,1H3,(H,15,16). The topological polar surface area (TPSA) is 61.6 Å². The molecular weight excluding hydrogens is 200 g/mol. The van der Waals surface area contributed by atoms with E-state index in [2.05, 4.69) is 15.3 Å². The second kappa shape index (κ2) is 4.41. The van der Waals surface area contributed by atoms with E-state index in [0.717, 1.165) is 11.3 Å². The lowest BCUT2D eigenvalue weighted by Gasteiger charge is -2.07. The first-order valence-electron chi connectivity index (χ1n) is 4.84. The van der Waals surface area contributed by atoms with Gasteiger partial charge in [-0.2, -0.15) is 5.26 Å². The summed E-state index contributed by atoms with van der Waals surface area (Å²) in [7, 11) is 0. The van der Waals surface area contributed by atoms with Crippen molar-refractivity contribution in [1.82, 2.24) is 9.97 Å². The molecule has 2 aromatic rings. The van der Waals surface area contributed by atoms with Gasteiger partial charge in [-0.3, -0.25) is 0 Å². The maximum Gasteiger partial charge on any atom is 0.158 e. The fourth-order valence-corrected chi connectivity index (χ4v) is 1.30. The summed E-state index contributed by atoms with van der Waals surface area (Å²) in [5, 5.41) is 11.7. The van der Waals surface area contributed by atoms with E-state index in [1.165, 1.54) is 6.20 Å². The van der Waals surface area contributed by atoms with Crippen LogP contribution in [0.15, 0.2) is 36.7 Å². The lowest BCUT2D eigenvalue weighted by molar-refractivity contribution is 1.16. The molecule has 0 saturated heterocycles. The Morgan fingerprint density at radius 2 is 2.00 bits per heavy atom. The summed E-state index contributed by atoms with van der Waals surface area (Å²) in [5.41, 5.74) is 2.44. The van der Waals surface area contributed by atoms with Crippen LogP contribution in [-0.2, 0) is 0 Å². The quantitative estimate of drug-likeness (QED) is 0.826. The third-order valence-electron chi connectivity index (χ3n) is 2.17. The van der Waals surface area contributed by atoms with Gasteiger partial charge in [0.1, 0.15) is 11.9 Å². The lowest BCUT2D eigenvalue weighted by Crippen LogP contribution is -1.96. The third-order valence-corrected chi connectivity index (χ3v) is 2.17. The molecule has 0 unspecified atom stereocenters. The Hall–Kier alpha value is -2.41. The van der Waals surface area contributed by atoms with E-state index in [4.69, 9.17) is 5.26 Å². The van der Waals surface area contributed by atoms with E-state index in [0.29, 0.717) is 11.5 Å². The van der Waals surface area contributed by atoms with Crippen molar-refractivity contribution in [2.45, 2.75) is 6.92 Å². The first-order valence-corrected chi connectivity index (χ1v) is 4.84. The number of rotatable bonds is 2. The van der Waals surface area contributed by atoms with E-state index < -0.39 is 0 Å². The molecule has 0 bridgehead atoms. The molecule has 1 aromatic carbocycles. The fourth-order valence-electron chi connectivity index (χ4n) is 1.30. The van der Waals surface area contributed by atoms with E-state index in [1.807, 2.05) is 37.3 Å². The van der Waals surface area contributed by atoms with Crippen LogP contribution in [0.2, 0.25) is 0 Å². The number of anilines is 2. The Kier molecular flexibility index (Phi) is 2.79. The number of benzene rings is 1. The molecule has 0 spiro atoms. The second-order valence-electron chi connectivity index (χ2n) is 3.34. The van der Waals surface area contributed by atoms with Crippen LogP contribution in [0.3, 0.4) is 0 Å². The van der Waals surface area contributed by atoms with Crippen LogP contribution >= 0.6 is 0 Å². The monoisotopic (exact) mass is 210 g/mol. The number of nitriles is 1. The number of aryl methyl sites for hydroxylation is 1. The van der Waals surface area contributed by atoms with Gasteiger partial charge in [-0.15, -0.1) is 0 Å². The highest BCUT2D eigenvalue weighted by Crippen LogP contribution is 2.17. The van der Waals surface area contributed by atoms with Crippen LogP contribution in [0.1, 0.15) is 11.3 Å². The molecule has 4 heteroatoms. The highest BCUT2D eigenvalue weighted by molar-refractivity contribution is 5.59.